The minimum Gasteiger partial charge on any atom is -0.339 e. The molecule has 6 heteroatoms. The number of aryl methyl sites for hydroxylation is 1. The summed E-state index contributed by atoms with van der Waals surface area (Å²) in [4.78, 5) is 26.4. The van der Waals surface area contributed by atoms with Crippen molar-refractivity contribution in [1.82, 2.24) is 10.2 Å². The summed E-state index contributed by atoms with van der Waals surface area (Å²) in [6.07, 6.45) is 2.86. The maximum atomic E-state index is 12.4. The molecule has 0 unspecified atom stereocenters. The van der Waals surface area contributed by atoms with Gasteiger partial charge in [0.15, 0.2) is 0 Å². The van der Waals surface area contributed by atoms with Crippen LogP contribution in [-0.4, -0.2) is 29.9 Å². The Bertz CT molecular complexity index is 894. The number of nitrogens with one attached hydrogen (secondary N) is 2. The number of nitriles is 1. The van der Waals surface area contributed by atoms with Gasteiger partial charge in [0.1, 0.15) is 0 Å². The maximum absolute atomic E-state index is 12.4. The Hall–Kier alpha value is -3.33. The Morgan fingerprint density at radius 3 is 2.46 bits per heavy atom. The molecule has 0 atom stereocenters. The first kappa shape index (κ1) is 19.4. The van der Waals surface area contributed by atoms with Crippen LogP contribution in [0, 0.1) is 11.3 Å². The Balaban J connectivity index is 1.55. The summed E-state index contributed by atoms with van der Waals surface area (Å²) in [7, 11) is 0. The topological polar surface area (TPSA) is 85.2 Å². The molecule has 1 aliphatic heterocycles. The molecule has 0 aliphatic carbocycles. The predicted octanol–water partition coefficient (Wildman–Crippen LogP) is 3.68. The number of carbonyl (C=O) groups excluding carboxylic acids is 2. The van der Waals surface area contributed by atoms with Gasteiger partial charge in [0, 0.05) is 30.9 Å². The van der Waals surface area contributed by atoms with Crippen molar-refractivity contribution >= 4 is 17.6 Å². The summed E-state index contributed by atoms with van der Waals surface area (Å²) in [6.45, 7) is 4.00. The highest BCUT2D eigenvalue weighted by atomic mass is 16.2. The molecule has 0 spiro atoms. The molecule has 0 saturated carbocycles. The molecule has 3 amide bonds. The average molecular weight is 376 g/mol. The number of benzene rings is 2. The Morgan fingerprint density at radius 2 is 1.82 bits per heavy atom. The number of hydrogen-bond acceptors (Lipinski definition) is 3. The van der Waals surface area contributed by atoms with E-state index in [1.54, 1.807) is 18.2 Å². The molecule has 2 N–H and O–H groups in total. The van der Waals surface area contributed by atoms with Gasteiger partial charge in [-0.3, -0.25) is 4.79 Å². The van der Waals surface area contributed by atoms with Crippen LogP contribution in [0.15, 0.2) is 42.5 Å². The Morgan fingerprint density at radius 1 is 1.11 bits per heavy atom. The molecule has 28 heavy (non-hydrogen) atoms. The maximum Gasteiger partial charge on any atom is 0.319 e. The van der Waals surface area contributed by atoms with Crippen molar-refractivity contribution < 1.29 is 9.59 Å². The first-order valence-corrected chi connectivity index (χ1v) is 9.57. The van der Waals surface area contributed by atoms with Crippen LogP contribution in [0.4, 0.5) is 10.5 Å². The third kappa shape index (κ3) is 4.68. The molecular weight excluding hydrogens is 352 g/mol. The molecule has 0 radical (unpaired) electrons. The van der Waals surface area contributed by atoms with E-state index < -0.39 is 0 Å². The molecular formula is C22H24N4O2. The van der Waals surface area contributed by atoms with Gasteiger partial charge in [-0.1, -0.05) is 19.1 Å². The van der Waals surface area contributed by atoms with E-state index in [0.717, 1.165) is 43.5 Å². The molecule has 1 aliphatic rings. The molecule has 3 rings (SSSR count). The number of rotatable bonds is 5. The summed E-state index contributed by atoms with van der Waals surface area (Å²) >= 11 is 0. The minimum atomic E-state index is -0.309. The number of amides is 3. The number of urea groups is 1. The van der Waals surface area contributed by atoms with Gasteiger partial charge in [0.05, 0.1) is 11.6 Å². The molecule has 1 saturated heterocycles. The number of carbonyl (C=O) groups is 2. The number of hydrogen-bond donors (Lipinski definition) is 2. The standard InChI is InChI=1S/C22H24N4O2/c1-2-18-13-17(14-23)7-10-20(18)25-22(28)24-15-16-5-8-19(9-6-16)21(27)26-11-3-4-12-26/h5-10,13H,2-4,11-12,15H2,1H3,(H2,24,25,28). The lowest BCUT2D eigenvalue weighted by Gasteiger charge is -2.15. The zero-order chi connectivity index (χ0) is 19.9. The highest BCUT2D eigenvalue weighted by Crippen LogP contribution is 2.18. The first-order valence-electron chi connectivity index (χ1n) is 9.57. The molecule has 6 nitrogen and oxygen atoms in total. The lowest BCUT2D eigenvalue weighted by molar-refractivity contribution is 0.0793. The monoisotopic (exact) mass is 376 g/mol. The van der Waals surface area contributed by atoms with Crippen molar-refractivity contribution in [1.29, 1.82) is 5.26 Å². The van der Waals surface area contributed by atoms with Gasteiger partial charge >= 0.3 is 6.03 Å². The van der Waals surface area contributed by atoms with Crippen molar-refractivity contribution in [2.45, 2.75) is 32.7 Å². The fraction of sp³-hybridized carbons (Fsp3) is 0.318. The molecule has 0 bridgehead atoms. The van der Waals surface area contributed by atoms with Crippen molar-refractivity contribution in [2.24, 2.45) is 0 Å². The van der Waals surface area contributed by atoms with Crippen LogP contribution in [0.25, 0.3) is 0 Å². The van der Waals surface area contributed by atoms with E-state index in [0.29, 0.717) is 23.4 Å². The van der Waals surface area contributed by atoms with Crippen LogP contribution < -0.4 is 10.6 Å². The third-order valence-electron chi connectivity index (χ3n) is 4.91. The lowest BCUT2D eigenvalue weighted by Crippen LogP contribution is -2.29. The molecule has 144 valence electrons. The third-order valence-corrected chi connectivity index (χ3v) is 4.91. The quantitative estimate of drug-likeness (QED) is 0.835. The van der Waals surface area contributed by atoms with E-state index in [2.05, 4.69) is 16.7 Å². The fourth-order valence-corrected chi connectivity index (χ4v) is 3.29. The SMILES string of the molecule is CCc1cc(C#N)ccc1NC(=O)NCc1ccc(C(=O)N2CCCC2)cc1. The summed E-state index contributed by atoms with van der Waals surface area (Å²) < 4.78 is 0. The van der Waals surface area contributed by atoms with Gasteiger partial charge in [-0.2, -0.15) is 5.26 Å². The van der Waals surface area contributed by atoms with Gasteiger partial charge in [-0.25, -0.2) is 4.79 Å². The van der Waals surface area contributed by atoms with Crippen LogP contribution in [0.1, 0.15) is 46.8 Å². The van der Waals surface area contributed by atoms with Gasteiger partial charge in [-0.05, 0) is 60.7 Å². The normalized spacial score (nSPS) is 13.1. The second-order valence-electron chi connectivity index (χ2n) is 6.84. The van der Waals surface area contributed by atoms with Crippen LogP contribution in [0.2, 0.25) is 0 Å². The second-order valence-corrected chi connectivity index (χ2v) is 6.84. The van der Waals surface area contributed by atoms with Gasteiger partial charge < -0.3 is 15.5 Å². The number of anilines is 1. The van der Waals surface area contributed by atoms with Crippen LogP contribution >= 0.6 is 0 Å². The average Bonchev–Trinajstić information content (AvgIpc) is 3.27. The van der Waals surface area contributed by atoms with E-state index in [1.807, 2.05) is 36.1 Å². The van der Waals surface area contributed by atoms with E-state index in [4.69, 9.17) is 5.26 Å². The Kier molecular flexibility index (Phi) is 6.28. The van der Waals surface area contributed by atoms with Crippen LogP contribution in [0.5, 0.6) is 0 Å². The van der Waals surface area contributed by atoms with Crippen LogP contribution in [-0.2, 0) is 13.0 Å². The van der Waals surface area contributed by atoms with Crippen molar-refractivity contribution in [3.05, 3.63) is 64.7 Å². The number of likely N-dealkylation sites (tertiary alicyclic amines) is 1. The molecule has 2 aromatic carbocycles. The smallest absolute Gasteiger partial charge is 0.319 e. The molecule has 0 aromatic heterocycles. The summed E-state index contributed by atoms with van der Waals surface area (Å²) in [5, 5.41) is 14.6. The summed E-state index contributed by atoms with van der Waals surface area (Å²) in [5.41, 5.74) is 3.79. The highest BCUT2D eigenvalue weighted by Gasteiger charge is 2.19. The van der Waals surface area contributed by atoms with E-state index >= 15 is 0 Å². The van der Waals surface area contributed by atoms with E-state index in [9.17, 15) is 9.59 Å². The lowest BCUT2D eigenvalue weighted by atomic mass is 10.1. The summed E-state index contributed by atoms with van der Waals surface area (Å²) in [6, 6.07) is 14.4. The second kappa shape index (κ2) is 9.05. The number of nitrogens with zero attached hydrogens (tertiary/aromatic N) is 2. The zero-order valence-corrected chi connectivity index (χ0v) is 16.0. The Labute approximate surface area is 165 Å². The van der Waals surface area contributed by atoms with Gasteiger partial charge in [-0.15, -0.1) is 0 Å². The van der Waals surface area contributed by atoms with Crippen molar-refractivity contribution in [2.75, 3.05) is 18.4 Å². The summed E-state index contributed by atoms with van der Waals surface area (Å²) in [5.74, 6) is 0.0719. The fourth-order valence-electron chi connectivity index (χ4n) is 3.29. The van der Waals surface area contributed by atoms with Gasteiger partial charge in [0.25, 0.3) is 5.91 Å². The highest BCUT2D eigenvalue weighted by molar-refractivity contribution is 5.94. The zero-order valence-electron chi connectivity index (χ0n) is 16.0. The first-order chi connectivity index (χ1) is 13.6. The molecule has 2 aromatic rings. The van der Waals surface area contributed by atoms with Gasteiger partial charge in [0.2, 0.25) is 0 Å². The van der Waals surface area contributed by atoms with E-state index in [1.165, 1.54) is 0 Å². The largest absolute Gasteiger partial charge is 0.339 e. The minimum absolute atomic E-state index is 0.0719. The predicted molar refractivity (Wildman–Crippen MR) is 108 cm³/mol. The van der Waals surface area contributed by atoms with Crippen molar-refractivity contribution in [3.8, 4) is 6.07 Å². The van der Waals surface area contributed by atoms with Crippen molar-refractivity contribution in [3.63, 3.8) is 0 Å². The van der Waals surface area contributed by atoms with E-state index in [-0.39, 0.29) is 11.9 Å². The van der Waals surface area contributed by atoms with Crippen LogP contribution in [0.3, 0.4) is 0 Å². The molecule has 1 heterocycles. The molecule has 1 fully saturated rings.